The lowest BCUT2D eigenvalue weighted by atomic mass is 10.0. The van der Waals surface area contributed by atoms with Crippen LogP contribution in [0.4, 0.5) is 0 Å². The third-order valence-corrected chi connectivity index (χ3v) is 4.91. The maximum absolute atomic E-state index is 5.00. The average Bonchev–Trinajstić information content (AvgIpc) is 3.09. The van der Waals surface area contributed by atoms with E-state index in [0.717, 1.165) is 31.6 Å². The van der Waals surface area contributed by atoms with Gasteiger partial charge in [-0.1, -0.05) is 60.7 Å². The molecule has 1 aliphatic heterocycles. The number of hydrogen-bond acceptors (Lipinski definition) is 2. The van der Waals surface area contributed by atoms with Crippen molar-refractivity contribution in [2.75, 3.05) is 20.1 Å². The highest BCUT2D eigenvalue weighted by Crippen LogP contribution is 2.32. The van der Waals surface area contributed by atoms with Crippen LogP contribution in [0.3, 0.4) is 0 Å². The molecule has 1 aromatic heterocycles. The second kappa shape index (κ2) is 6.62. The molecule has 0 atom stereocenters. The Morgan fingerprint density at radius 1 is 0.833 bits per heavy atom. The summed E-state index contributed by atoms with van der Waals surface area (Å²) < 4.78 is 2.27. The third-order valence-electron chi connectivity index (χ3n) is 4.91. The number of aromatic nitrogens is 2. The van der Waals surface area contributed by atoms with Crippen LogP contribution in [0.2, 0.25) is 0 Å². The molecule has 0 N–H and O–H groups in total. The topological polar surface area (TPSA) is 21.1 Å². The zero-order chi connectivity index (χ0) is 16.4. The van der Waals surface area contributed by atoms with Crippen molar-refractivity contribution in [3.05, 3.63) is 66.7 Å². The fraction of sp³-hybridized carbons (Fsp3) is 0.286. The second-order valence-electron chi connectivity index (χ2n) is 6.63. The van der Waals surface area contributed by atoms with Crippen molar-refractivity contribution in [3.8, 4) is 22.5 Å². The molecule has 24 heavy (non-hydrogen) atoms. The van der Waals surface area contributed by atoms with E-state index in [1.807, 2.05) is 0 Å². The fourth-order valence-corrected chi connectivity index (χ4v) is 3.49. The van der Waals surface area contributed by atoms with E-state index in [4.69, 9.17) is 5.10 Å². The van der Waals surface area contributed by atoms with Crippen molar-refractivity contribution in [3.63, 3.8) is 0 Å². The van der Waals surface area contributed by atoms with E-state index < -0.39 is 0 Å². The van der Waals surface area contributed by atoms with Gasteiger partial charge in [0.25, 0.3) is 0 Å². The molecule has 1 aliphatic rings. The van der Waals surface area contributed by atoms with E-state index in [0.29, 0.717) is 6.04 Å². The monoisotopic (exact) mass is 317 g/mol. The summed E-state index contributed by atoms with van der Waals surface area (Å²) in [7, 11) is 2.20. The summed E-state index contributed by atoms with van der Waals surface area (Å²) in [6, 6.07) is 23.8. The van der Waals surface area contributed by atoms with Crippen molar-refractivity contribution in [2.24, 2.45) is 0 Å². The molecular formula is C21H23N3. The molecular weight excluding hydrogens is 294 g/mol. The van der Waals surface area contributed by atoms with Crippen molar-refractivity contribution in [1.82, 2.24) is 14.7 Å². The molecule has 122 valence electrons. The Labute approximate surface area is 143 Å². The summed E-state index contributed by atoms with van der Waals surface area (Å²) >= 11 is 0. The molecule has 0 saturated carbocycles. The van der Waals surface area contributed by atoms with E-state index in [9.17, 15) is 0 Å². The van der Waals surface area contributed by atoms with Gasteiger partial charge in [0, 0.05) is 5.56 Å². The van der Waals surface area contributed by atoms with Crippen LogP contribution in [-0.2, 0) is 0 Å². The molecule has 1 saturated heterocycles. The van der Waals surface area contributed by atoms with Crippen molar-refractivity contribution in [2.45, 2.75) is 18.9 Å². The maximum atomic E-state index is 5.00. The van der Waals surface area contributed by atoms with Crippen LogP contribution in [0, 0.1) is 0 Å². The molecule has 2 aromatic carbocycles. The van der Waals surface area contributed by atoms with Crippen LogP contribution < -0.4 is 0 Å². The molecule has 3 aromatic rings. The number of likely N-dealkylation sites (tertiary alicyclic amines) is 1. The third kappa shape index (κ3) is 3.00. The van der Waals surface area contributed by atoms with Gasteiger partial charge in [-0.25, -0.2) is 0 Å². The Bertz CT molecular complexity index is 784. The molecule has 0 radical (unpaired) electrons. The van der Waals surface area contributed by atoms with E-state index >= 15 is 0 Å². The van der Waals surface area contributed by atoms with Crippen LogP contribution in [0.5, 0.6) is 0 Å². The number of rotatable bonds is 3. The van der Waals surface area contributed by atoms with E-state index in [-0.39, 0.29) is 0 Å². The molecule has 0 spiro atoms. The summed E-state index contributed by atoms with van der Waals surface area (Å²) in [5, 5.41) is 5.00. The molecule has 0 aliphatic carbocycles. The van der Waals surface area contributed by atoms with E-state index in [1.54, 1.807) is 0 Å². The highest BCUT2D eigenvalue weighted by atomic mass is 15.3. The zero-order valence-electron chi connectivity index (χ0n) is 14.1. The lowest BCUT2D eigenvalue weighted by Crippen LogP contribution is -2.32. The smallest absolute Gasteiger partial charge is 0.0929 e. The Kier molecular flexibility index (Phi) is 4.18. The first-order valence-corrected chi connectivity index (χ1v) is 8.70. The Morgan fingerprint density at radius 3 is 2.04 bits per heavy atom. The van der Waals surface area contributed by atoms with Gasteiger partial charge >= 0.3 is 0 Å². The number of nitrogens with zero attached hydrogens (tertiary/aromatic N) is 3. The highest BCUT2D eigenvalue weighted by molar-refractivity contribution is 5.68. The SMILES string of the molecule is CN1CCC(n2nc(-c3ccccc3)cc2-c2ccccc2)CC1. The van der Waals surface area contributed by atoms with Gasteiger partial charge in [-0.2, -0.15) is 5.10 Å². The van der Waals surface area contributed by atoms with Crippen LogP contribution in [0.25, 0.3) is 22.5 Å². The predicted molar refractivity (Wildman–Crippen MR) is 98.9 cm³/mol. The quantitative estimate of drug-likeness (QED) is 0.710. The minimum Gasteiger partial charge on any atom is -0.306 e. The van der Waals surface area contributed by atoms with Gasteiger partial charge in [-0.15, -0.1) is 0 Å². The predicted octanol–water partition coefficient (Wildman–Crippen LogP) is 4.48. The summed E-state index contributed by atoms with van der Waals surface area (Å²) in [5.41, 5.74) is 4.71. The number of benzene rings is 2. The number of hydrogen-bond donors (Lipinski definition) is 0. The van der Waals surface area contributed by atoms with Crippen LogP contribution >= 0.6 is 0 Å². The summed E-state index contributed by atoms with van der Waals surface area (Å²) in [6.45, 7) is 2.28. The van der Waals surface area contributed by atoms with Crippen molar-refractivity contribution in [1.29, 1.82) is 0 Å². The Balaban J connectivity index is 1.77. The second-order valence-corrected chi connectivity index (χ2v) is 6.63. The van der Waals surface area contributed by atoms with Gasteiger partial charge in [-0.05, 0) is 44.6 Å². The normalized spacial score (nSPS) is 16.4. The minimum atomic E-state index is 0.480. The molecule has 0 unspecified atom stereocenters. The summed E-state index contributed by atoms with van der Waals surface area (Å²) in [6.07, 6.45) is 2.32. The lowest BCUT2D eigenvalue weighted by molar-refractivity contribution is 0.214. The Morgan fingerprint density at radius 2 is 1.42 bits per heavy atom. The minimum absolute atomic E-state index is 0.480. The lowest BCUT2D eigenvalue weighted by Gasteiger charge is -2.30. The van der Waals surface area contributed by atoms with E-state index in [2.05, 4.69) is 83.4 Å². The largest absolute Gasteiger partial charge is 0.306 e. The van der Waals surface area contributed by atoms with Gasteiger partial charge in [0.2, 0.25) is 0 Å². The summed E-state index contributed by atoms with van der Waals surface area (Å²) in [4.78, 5) is 2.40. The molecule has 2 heterocycles. The standard InChI is InChI=1S/C21H23N3/c1-23-14-12-19(13-15-23)24-21(18-10-6-3-7-11-18)16-20(22-24)17-8-4-2-5-9-17/h2-11,16,19H,12-15H2,1H3. The van der Waals surface area contributed by atoms with Crippen LogP contribution in [0.1, 0.15) is 18.9 Å². The molecule has 4 rings (SSSR count). The average molecular weight is 317 g/mol. The molecule has 0 amide bonds. The van der Waals surface area contributed by atoms with Crippen LogP contribution in [-0.4, -0.2) is 34.8 Å². The maximum Gasteiger partial charge on any atom is 0.0929 e. The molecule has 3 nitrogen and oxygen atoms in total. The zero-order valence-corrected chi connectivity index (χ0v) is 14.1. The van der Waals surface area contributed by atoms with E-state index in [1.165, 1.54) is 16.8 Å². The van der Waals surface area contributed by atoms with Gasteiger partial charge in [0.15, 0.2) is 0 Å². The van der Waals surface area contributed by atoms with Gasteiger partial charge in [0.1, 0.15) is 0 Å². The Hall–Kier alpha value is -2.39. The van der Waals surface area contributed by atoms with Crippen molar-refractivity contribution < 1.29 is 0 Å². The molecule has 1 fully saturated rings. The van der Waals surface area contributed by atoms with Gasteiger partial charge in [-0.3, -0.25) is 4.68 Å². The highest BCUT2D eigenvalue weighted by Gasteiger charge is 2.22. The van der Waals surface area contributed by atoms with Crippen LogP contribution in [0.15, 0.2) is 66.7 Å². The summed E-state index contributed by atoms with van der Waals surface area (Å²) in [5.74, 6) is 0. The first-order chi connectivity index (χ1) is 11.8. The fourth-order valence-electron chi connectivity index (χ4n) is 3.49. The molecule has 0 bridgehead atoms. The van der Waals surface area contributed by atoms with Crippen molar-refractivity contribution >= 4 is 0 Å². The van der Waals surface area contributed by atoms with Gasteiger partial charge < -0.3 is 4.90 Å². The molecule has 3 heteroatoms. The first kappa shape index (κ1) is 15.2. The number of piperidine rings is 1. The first-order valence-electron chi connectivity index (χ1n) is 8.70. The van der Waals surface area contributed by atoms with Gasteiger partial charge in [0.05, 0.1) is 17.4 Å².